The molecule has 0 aliphatic heterocycles. The van der Waals surface area contributed by atoms with Crippen LogP contribution in [0.25, 0.3) is 16.9 Å². The molecule has 0 atom stereocenters. The molecule has 0 amide bonds. The van der Waals surface area contributed by atoms with Crippen molar-refractivity contribution in [2.45, 2.75) is 6.92 Å². The molecular weight excluding hydrogens is 296 g/mol. The van der Waals surface area contributed by atoms with Crippen molar-refractivity contribution >= 4 is 11.6 Å². The molecule has 0 saturated carbocycles. The first-order valence-electron chi connectivity index (χ1n) is 6.90. The lowest BCUT2D eigenvalue weighted by Crippen LogP contribution is -2.08. The fraction of sp³-hybridized carbons (Fsp3) is 0.125. The fourth-order valence-corrected chi connectivity index (χ4v) is 2.16. The molecule has 0 fully saturated rings. The number of fused-ring (bicyclic) bond motifs is 1. The van der Waals surface area contributed by atoms with E-state index in [4.69, 9.17) is 10.00 Å². The summed E-state index contributed by atoms with van der Waals surface area (Å²) < 4.78 is 6.09. The van der Waals surface area contributed by atoms with E-state index in [2.05, 4.69) is 16.2 Å². The van der Waals surface area contributed by atoms with Crippen LogP contribution in [0.15, 0.2) is 36.4 Å². The molecule has 0 aliphatic carbocycles. The van der Waals surface area contributed by atoms with Crippen molar-refractivity contribution in [3.05, 3.63) is 47.7 Å². The number of hydrogen-bond donors (Lipinski definition) is 1. The smallest absolute Gasteiger partial charge is 0.357 e. The molecule has 1 N–H and O–H groups in total. The predicted octanol–water partition coefficient (Wildman–Crippen LogP) is 2.15. The van der Waals surface area contributed by atoms with Crippen molar-refractivity contribution in [1.29, 1.82) is 5.26 Å². The molecular formula is C16H12N4O3. The third kappa shape index (κ3) is 2.70. The van der Waals surface area contributed by atoms with E-state index in [1.54, 1.807) is 37.3 Å². The van der Waals surface area contributed by atoms with E-state index >= 15 is 0 Å². The predicted molar refractivity (Wildman–Crippen MR) is 80.8 cm³/mol. The number of ether oxygens (including phenoxy) is 1. The summed E-state index contributed by atoms with van der Waals surface area (Å²) in [5.74, 6) is -0.833. The van der Waals surface area contributed by atoms with Gasteiger partial charge in [-0.1, -0.05) is 12.1 Å². The van der Waals surface area contributed by atoms with Crippen LogP contribution in [0, 0.1) is 11.3 Å². The molecule has 3 rings (SSSR count). The Morgan fingerprint density at radius 2 is 2.22 bits per heavy atom. The van der Waals surface area contributed by atoms with Crippen LogP contribution in [-0.2, 0) is 4.74 Å². The maximum atomic E-state index is 11.7. The molecule has 7 heteroatoms. The molecule has 0 radical (unpaired) electrons. The van der Waals surface area contributed by atoms with Gasteiger partial charge in [0.15, 0.2) is 11.3 Å². The standard InChI is InChI=1S/C16H12N4O3/c1-2-23-16(22)13-8-15(21)20-14(18-13)7-12(19-20)11-5-3-4-10(6-11)9-17/h3-8,21H,2H2,1H3. The van der Waals surface area contributed by atoms with Gasteiger partial charge in [0.05, 0.1) is 23.9 Å². The van der Waals surface area contributed by atoms with Gasteiger partial charge in [0.2, 0.25) is 5.88 Å². The van der Waals surface area contributed by atoms with Gasteiger partial charge in [0.25, 0.3) is 0 Å². The molecule has 0 aliphatic rings. The monoisotopic (exact) mass is 308 g/mol. The number of carbonyl (C=O) groups excluding carboxylic acids is 1. The third-order valence-corrected chi connectivity index (χ3v) is 3.18. The van der Waals surface area contributed by atoms with Gasteiger partial charge in [-0.15, -0.1) is 0 Å². The Hall–Kier alpha value is -3.40. The molecule has 23 heavy (non-hydrogen) atoms. The number of nitriles is 1. The van der Waals surface area contributed by atoms with E-state index in [0.717, 1.165) is 0 Å². The van der Waals surface area contributed by atoms with Gasteiger partial charge in [0, 0.05) is 17.7 Å². The van der Waals surface area contributed by atoms with Crippen LogP contribution < -0.4 is 0 Å². The summed E-state index contributed by atoms with van der Waals surface area (Å²) in [4.78, 5) is 15.9. The first-order valence-corrected chi connectivity index (χ1v) is 6.90. The number of carbonyl (C=O) groups is 1. The SMILES string of the molecule is CCOC(=O)c1cc(O)n2nc(-c3cccc(C#N)c3)cc2n1. The summed E-state index contributed by atoms with van der Waals surface area (Å²) in [6.45, 7) is 1.91. The zero-order chi connectivity index (χ0) is 16.4. The van der Waals surface area contributed by atoms with Crippen LogP contribution in [0.4, 0.5) is 0 Å². The lowest BCUT2D eigenvalue weighted by atomic mass is 10.1. The second-order valence-electron chi connectivity index (χ2n) is 4.71. The van der Waals surface area contributed by atoms with Crippen molar-refractivity contribution in [1.82, 2.24) is 14.6 Å². The second kappa shape index (κ2) is 5.77. The Bertz CT molecular complexity index is 940. The van der Waals surface area contributed by atoms with Crippen molar-refractivity contribution in [2.24, 2.45) is 0 Å². The summed E-state index contributed by atoms with van der Waals surface area (Å²) >= 11 is 0. The molecule has 0 bridgehead atoms. The number of esters is 1. The normalized spacial score (nSPS) is 10.4. The molecule has 1 aromatic carbocycles. The van der Waals surface area contributed by atoms with Crippen LogP contribution in [0.1, 0.15) is 23.0 Å². The molecule has 0 saturated heterocycles. The summed E-state index contributed by atoms with van der Waals surface area (Å²) in [7, 11) is 0. The van der Waals surface area contributed by atoms with E-state index in [1.165, 1.54) is 10.6 Å². The number of aromatic hydroxyl groups is 1. The van der Waals surface area contributed by atoms with Crippen LogP contribution in [0.2, 0.25) is 0 Å². The quantitative estimate of drug-likeness (QED) is 0.744. The number of rotatable bonds is 3. The maximum Gasteiger partial charge on any atom is 0.357 e. The van der Waals surface area contributed by atoms with Crippen LogP contribution in [0.3, 0.4) is 0 Å². The molecule has 0 unspecified atom stereocenters. The number of nitrogens with zero attached hydrogens (tertiary/aromatic N) is 4. The highest BCUT2D eigenvalue weighted by molar-refractivity contribution is 5.88. The summed E-state index contributed by atoms with van der Waals surface area (Å²) in [5.41, 5.74) is 2.07. The molecule has 0 spiro atoms. The van der Waals surface area contributed by atoms with Gasteiger partial charge in [-0.3, -0.25) is 0 Å². The fourth-order valence-electron chi connectivity index (χ4n) is 2.16. The topological polar surface area (TPSA) is 101 Å². The Morgan fingerprint density at radius 1 is 1.39 bits per heavy atom. The van der Waals surface area contributed by atoms with Gasteiger partial charge in [-0.25, -0.2) is 9.78 Å². The van der Waals surface area contributed by atoms with Crippen LogP contribution >= 0.6 is 0 Å². The van der Waals surface area contributed by atoms with E-state index in [0.29, 0.717) is 22.5 Å². The Morgan fingerprint density at radius 3 is 2.96 bits per heavy atom. The highest BCUT2D eigenvalue weighted by Crippen LogP contribution is 2.23. The average molecular weight is 308 g/mol. The molecule has 7 nitrogen and oxygen atoms in total. The largest absolute Gasteiger partial charge is 0.493 e. The van der Waals surface area contributed by atoms with E-state index in [9.17, 15) is 9.90 Å². The Labute approximate surface area is 131 Å². The zero-order valence-corrected chi connectivity index (χ0v) is 12.2. The minimum absolute atomic E-state index is 0.00840. The Kier molecular flexibility index (Phi) is 3.65. The highest BCUT2D eigenvalue weighted by atomic mass is 16.5. The first kappa shape index (κ1) is 14.5. The van der Waals surface area contributed by atoms with Gasteiger partial charge in [-0.05, 0) is 19.1 Å². The average Bonchev–Trinajstić information content (AvgIpc) is 3.00. The van der Waals surface area contributed by atoms with E-state index in [-0.39, 0.29) is 18.2 Å². The number of hydrogen-bond acceptors (Lipinski definition) is 6. The summed E-state index contributed by atoms with van der Waals surface area (Å²) in [5, 5.41) is 23.2. The summed E-state index contributed by atoms with van der Waals surface area (Å²) in [6, 6.07) is 11.8. The minimum Gasteiger partial charge on any atom is -0.493 e. The highest BCUT2D eigenvalue weighted by Gasteiger charge is 2.15. The van der Waals surface area contributed by atoms with Crippen molar-refractivity contribution in [3.8, 4) is 23.2 Å². The maximum absolute atomic E-state index is 11.7. The third-order valence-electron chi connectivity index (χ3n) is 3.18. The molecule has 114 valence electrons. The van der Waals surface area contributed by atoms with Crippen LogP contribution in [-0.4, -0.2) is 32.3 Å². The second-order valence-corrected chi connectivity index (χ2v) is 4.71. The van der Waals surface area contributed by atoms with E-state index in [1.807, 2.05) is 0 Å². The van der Waals surface area contributed by atoms with Gasteiger partial charge < -0.3 is 9.84 Å². The number of aromatic nitrogens is 3. The number of benzene rings is 1. The van der Waals surface area contributed by atoms with Crippen molar-refractivity contribution < 1.29 is 14.6 Å². The minimum atomic E-state index is -0.612. The van der Waals surface area contributed by atoms with Gasteiger partial charge >= 0.3 is 5.97 Å². The first-order chi connectivity index (χ1) is 11.1. The van der Waals surface area contributed by atoms with Gasteiger partial charge in [-0.2, -0.15) is 14.9 Å². The van der Waals surface area contributed by atoms with Gasteiger partial charge in [0.1, 0.15) is 0 Å². The van der Waals surface area contributed by atoms with Crippen LogP contribution in [0.5, 0.6) is 5.88 Å². The van der Waals surface area contributed by atoms with Crippen molar-refractivity contribution in [2.75, 3.05) is 6.61 Å². The molecule has 3 aromatic rings. The van der Waals surface area contributed by atoms with E-state index < -0.39 is 5.97 Å². The molecule has 2 heterocycles. The summed E-state index contributed by atoms with van der Waals surface area (Å²) in [6.07, 6.45) is 0. The lowest BCUT2D eigenvalue weighted by molar-refractivity contribution is 0.0519. The zero-order valence-electron chi connectivity index (χ0n) is 12.2. The lowest BCUT2D eigenvalue weighted by Gasteiger charge is -2.02. The molecule has 2 aromatic heterocycles. The Balaban J connectivity index is 2.10. The van der Waals surface area contributed by atoms with Crippen molar-refractivity contribution in [3.63, 3.8) is 0 Å².